The van der Waals surface area contributed by atoms with Crippen LogP contribution in [-0.4, -0.2) is 22.5 Å². The highest BCUT2D eigenvalue weighted by Crippen LogP contribution is 2.37. The van der Waals surface area contributed by atoms with Crippen molar-refractivity contribution in [3.8, 4) is 0 Å². The van der Waals surface area contributed by atoms with E-state index in [2.05, 4.69) is 16.9 Å². The van der Waals surface area contributed by atoms with Crippen molar-refractivity contribution in [2.75, 3.05) is 6.61 Å². The zero-order chi connectivity index (χ0) is 13.8. The van der Waals surface area contributed by atoms with Crippen LogP contribution in [0.4, 0.5) is 0 Å². The molecule has 0 aliphatic heterocycles. The van der Waals surface area contributed by atoms with Gasteiger partial charge in [0.15, 0.2) is 0 Å². The summed E-state index contributed by atoms with van der Waals surface area (Å²) in [6.07, 6.45) is 5.82. The number of aromatic amines is 1. The molecule has 0 bridgehead atoms. The summed E-state index contributed by atoms with van der Waals surface area (Å²) >= 11 is 0. The van der Waals surface area contributed by atoms with Crippen LogP contribution in [0.3, 0.4) is 0 Å². The van der Waals surface area contributed by atoms with E-state index in [1.54, 1.807) is 6.92 Å². The number of nitrogens with one attached hydrogen (secondary N) is 1. The fraction of sp³-hybridized carbons (Fsp3) is 0.643. The predicted molar refractivity (Wildman–Crippen MR) is 71.2 cm³/mol. The molecule has 1 aromatic rings. The van der Waals surface area contributed by atoms with Crippen molar-refractivity contribution >= 4 is 5.97 Å². The van der Waals surface area contributed by atoms with E-state index in [1.165, 1.54) is 19.0 Å². The number of nitrogens with zero attached hydrogens (tertiary/aromatic N) is 1. The third kappa shape index (κ3) is 3.03. The maximum atomic E-state index is 11.9. The molecule has 0 aromatic carbocycles. The third-order valence-electron chi connectivity index (χ3n) is 3.82. The van der Waals surface area contributed by atoms with Crippen LogP contribution in [0.15, 0.2) is 11.0 Å². The minimum absolute atomic E-state index is 0.0179. The van der Waals surface area contributed by atoms with Gasteiger partial charge in [0.25, 0.3) is 5.56 Å². The van der Waals surface area contributed by atoms with Crippen LogP contribution in [0.5, 0.6) is 0 Å². The lowest BCUT2D eigenvalue weighted by molar-refractivity contribution is 0.0523. The normalized spacial score (nSPS) is 22.4. The summed E-state index contributed by atoms with van der Waals surface area (Å²) in [6.45, 7) is 4.14. The van der Waals surface area contributed by atoms with Crippen molar-refractivity contribution in [2.24, 2.45) is 5.92 Å². The van der Waals surface area contributed by atoms with Gasteiger partial charge in [-0.05, 0) is 32.1 Å². The summed E-state index contributed by atoms with van der Waals surface area (Å²) in [5.41, 5.74) is -0.418. The number of aromatic nitrogens is 2. The van der Waals surface area contributed by atoms with Crippen molar-refractivity contribution in [3.63, 3.8) is 0 Å². The monoisotopic (exact) mass is 264 g/mol. The lowest BCUT2D eigenvalue weighted by atomic mass is 10.0. The van der Waals surface area contributed by atoms with E-state index < -0.39 is 11.5 Å². The van der Waals surface area contributed by atoms with Crippen molar-refractivity contribution < 1.29 is 9.53 Å². The second kappa shape index (κ2) is 5.99. The van der Waals surface area contributed by atoms with Crippen molar-refractivity contribution in [1.29, 1.82) is 0 Å². The average Bonchev–Trinajstić information content (AvgIpc) is 2.87. The largest absolute Gasteiger partial charge is 0.462 e. The van der Waals surface area contributed by atoms with Gasteiger partial charge in [-0.3, -0.25) is 4.79 Å². The topological polar surface area (TPSA) is 72.0 Å². The Hall–Kier alpha value is -1.65. The Balaban J connectivity index is 2.15. The number of hydrogen-bond donors (Lipinski definition) is 1. The lowest BCUT2D eigenvalue weighted by Gasteiger charge is -2.09. The average molecular weight is 264 g/mol. The molecule has 2 atom stereocenters. The van der Waals surface area contributed by atoms with Crippen molar-refractivity contribution in [3.05, 3.63) is 27.9 Å². The minimum Gasteiger partial charge on any atom is -0.462 e. The van der Waals surface area contributed by atoms with Crippen LogP contribution in [0.2, 0.25) is 0 Å². The molecule has 19 heavy (non-hydrogen) atoms. The van der Waals surface area contributed by atoms with E-state index >= 15 is 0 Å². The first-order valence-corrected chi connectivity index (χ1v) is 6.92. The standard InChI is InChI=1S/C14H20N2O3/c1-3-9-5-6-10(7-9)12-15-8-11(13(17)16-12)14(18)19-4-2/h8-10H,3-7H2,1-2H3,(H,15,16,17). The Kier molecular flexibility index (Phi) is 4.35. The molecule has 1 heterocycles. The maximum absolute atomic E-state index is 11.9. The van der Waals surface area contributed by atoms with E-state index in [9.17, 15) is 9.59 Å². The molecule has 1 saturated carbocycles. The molecule has 5 nitrogen and oxygen atoms in total. The van der Waals surface area contributed by atoms with Gasteiger partial charge in [-0.1, -0.05) is 13.3 Å². The lowest BCUT2D eigenvalue weighted by Crippen LogP contribution is -2.22. The number of carbonyl (C=O) groups excluding carboxylic acids is 1. The molecule has 0 saturated heterocycles. The first-order chi connectivity index (χ1) is 9.15. The van der Waals surface area contributed by atoms with E-state index in [1.807, 2.05) is 0 Å². The smallest absolute Gasteiger partial charge is 0.345 e. The Morgan fingerprint density at radius 1 is 1.47 bits per heavy atom. The molecule has 1 N–H and O–H groups in total. The highest BCUT2D eigenvalue weighted by Gasteiger charge is 2.27. The Bertz CT molecular complexity index is 510. The van der Waals surface area contributed by atoms with Gasteiger partial charge >= 0.3 is 5.97 Å². The van der Waals surface area contributed by atoms with E-state index in [4.69, 9.17) is 4.74 Å². The van der Waals surface area contributed by atoms with Crippen LogP contribution in [0, 0.1) is 5.92 Å². The molecule has 104 valence electrons. The van der Waals surface area contributed by atoms with Gasteiger partial charge in [0.1, 0.15) is 11.4 Å². The summed E-state index contributed by atoms with van der Waals surface area (Å²) in [5.74, 6) is 1.13. The SMILES string of the molecule is CCOC(=O)c1cnc(C2CCC(CC)C2)[nH]c1=O. The van der Waals surface area contributed by atoms with Crippen LogP contribution in [0.25, 0.3) is 0 Å². The highest BCUT2D eigenvalue weighted by molar-refractivity contribution is 5.88. The number of H-pyrrole nitrogens is 1. The van der Waals surface area contributed by atoms with Crippen LogP contribution >= 0.6 is 0 Å². The molecular formula is C14H20N2O3. The van der Waals surface area contributed by atoms with Gasteiger partial charge in [-0.15, -0.1) is 0 Å². The third-order valence-corrected chi connectivity index (χ3v) is 3.82. The molecular weight excluding hydrogens is 244 g/mol. The summed E-state index contributed by atoms with van der Waals surface area (Å²) in [6, 6.07) is 0. The summed E-state index contributed by atoms with van der Waals surface area (Å²) in [7, 11) is 0. The molecule has 0 spiro atoms. The molecule has 1 aliphatic rings. The van der Waals surface area contributed by atoms with Gasteiger partial charge in [0.05, 0.1) is 6.61 Å². The molecule has 2 unspecified atom stereocenters. The predicted octanol–water partition coefficient (Wildman–Crippen LogP) is 2.24. The Morgan fingerprint density at radius 3 is 2.84 bits per heavy atom. The van der Waals surface area contributed by atoms with E-state index in [-0.39, 0.29) is 12.2 Å². The molecule has 2 rings (SSSR count). The number of esters is 1. The first kappa shape index (κ1) is 13.8. The Labute approximate surface area is 112 Å². The molecule has 0 radical (unpaired) electrons. The van der Waals surface area contributed by atoms with Crippen molar-refractivity contribution in [1.82, 2.24) is 9.97 Å². The van der Waals surface area contributed by atoms with Gasteiger partial charge in [-0.25, -0.2) is 9.78 Å². The molecule has 0 amide bonds. The van der Waals surface area contributed by atoms with Crippen LogP contribution in [-0.2, 0) is 4.74 Å². The summed E-state index contributed by atoms with van der Waals surface area (Å²) in [4.78, 5) is 30.4. The van der Waals surface area contributed by atoms with Gasteiger partial charge in [-0.2, -0.15) is 0 Å². The fourth-order valence-corrected chi connectivity index (χ4v) is 2.66. The molecule has 5 heteroatoms. The van der Waals surface area contributed by atoms with Crippen LogP contribution in [0.1, 0.15) is 61.6 Å². The quantitative estimate of drug-likeness (QED) is 0.846. The molecule has 1 aromatic heterocycles. The molecule has 1 fully saturated rings. The number of carbonyl (C=O) groups is 1. The first-order valence-electron chi connectivity index (χ1n) is 6.92. The highest BCUT2D eigenvalue weighted by atomic mass is 16.5. The second-order valence-corrected chi connectivity index (χ2v) is 5.02. The number of hydrogen-bond acceptors (Lipinski definition) is 4. The van der Waals surface area contributed by atoms with Crippen molar-refractivity contribution in [2.45, 2.75) is 45.4 Å². The number of ether oxygens (including phenoxy) is 1. The maximum Gasteiger partial charge on any atom is 0.345 e. The zero-order valence-corrected chi connectivity index (χ0v) is 11.4. The summed E-state index contributed by atoms with van der Waals surface area (Å²) in [5, 5.41) is 0. The second-order valence-electron chi connectivity index (χ2n) is 5.02. The Morgan fingerprint density at radius 2 is 2.26 bits per heavy atom. The zero-order valence-electron chi connectivity index (χ0n) is 11.4. The van der Waals surface area contributed by atoms with E-state index in [0.29, 0.717) is 11.7 Å². The van der Waals surface area contributed by atoms with Gasteiger partial charge in [0, 0.05) is 12.1 Å². The summed E-state index contributed by atoms with van der Waals surface area (Å²) < 4.78 is 4.81. The van der Waals surface area contributed by atoms with E-state index in [0.717, 1.165) is 18.8 Å². The van der Waals surface area contributed by atoms with Crippen LogP contribution < -0.4 is 5.56 Å². The molecule has 1 aliphatic carbocycles. The number of rotatable bonds is 4. The van der Waals surface area contributed by atoms with Gasteiger partial charge < -0.3 is 9.72 Å². The minimum atomic E-state index is -0.611. The van der Waals surface area contributed by atoms with Gasteiger partial charge in [0.2, 0.25) is 0 Å². The fourth-order valence-electron chi connectivity index (χ4n) is 2.66.